The lowest BCUT2D eigenvalue weighted by molar-refractivity contribution is 0.262. The molecule has 0 spiro atoms. The summed E-state index contributed by atoms with van der Waals surface area (Å²) in [4.78, 5) is 22.3. The Hall–Kier alpha value is -3.85. The molecule has 8 nitrogen and oxygen atoms in total. The molecule has 0 unspecified atom stereocenters. The zero-order chi connectivity index (χ0) is 24.2. The molecule has 0 atom stereocenters. The number of nitrogens with one attached hydrogen (secondary N) is 2. The van der Waals surface area contributed by atoms with Gasteiger partial charge in [0, 0.05) is 28.0 Å². The van der Waals surface area contributed by atoms with Crippen LogP contribution in [0, 0.1) is 27.7 Å². The second kappa shape index (κ2) is 9.96. The van der Waals surface area contributed by atoms with Crippen molar-refractivity contribution in [3.05, 3.63) is 77.4 Å². The van der Waals surface area contributed by atoms with Crippen LogP contribution in [0.2, 0.25) is 0 Å². The lowest BCUT2D eigenvalue weighted by Gasteiger charge is -2.11. The summed E-state index contributed by atoms with van der Waals surface area (Å²) < 4.78 is 7.75. The summed E-state index contributed by atoms with van der Waals surface area (Å²) in [6.45, 7) is 7.84. The van der Waals surface area contributed by atoms with Gasteiger partial charge in [0.1, 0.15) is 11.6 Å². The minimum atomic E-state index is -0.317. The van der Waals surface area contributed by atoms with Gasteiger partial charge in [-0.1, -0.05) is 6.07 Å². The molecule has 4 aromatic rings. The molecule has 2 aromatic heterocycles. The normalized spacial score (nSPS) is 10.7. The molecule has 34 heavy (non-hydrogen) atoms. The van der Waals surface area contributed by atoms with Crippen molar-refractivity contribution in [1.82, 2.24) is 19.7 Å². The molecule has 9 heteroatoms. The van der Waals surface area contributed by atoms with Gasteiger partial charge in [-0.05, 0) is 82.0 Å². The van der Waals surface area contributed by atoms with Gasteiger partial charge in [-0.2, -0.15) is 10.1 Å². The topological polar surface area (TPSA) is 94.0 Å². The summed E-state index contributed by atoms with van der Waals surface area (Å²) in [6, 6.07) is 16.2. The molecule has 2 amide bonds. The fourth-order valence-corrected chi connectivity index (χ4v) is 3.81. The van der Waals surface area contributed by atoms with Crippen LogP contribution < -0.4 is 15.4 Å². The maximum atomic E-state index is 12.3. The van der Waals surface area contributed by atoms with Crippen LogP contribution in [0.15, 0.2) is 59.5 Å². The van der Waals surface area contributed by atoms with Crippen LogP contribution in [0.3, 0.4) is 0 Å². The Bertz CT molecular complexity index is 1330. The van der Waals surface area contributed by atoms with Crippen molar-refractivity contribution in [2.75, 3.05) is 16.9 Å². The Morgan fingerprint density at radius 1 is 0.941 bits per heavy atom. The van der Waals surface area contributed by atoms with E-state index in [2.05, 4.69) is 25.7 Å². The van der Waals surface area contributed by atoms with Gasteiger partial charge in [0.15, 0.2) is 5.82 Å². The van der Waals surface area contributed by atoms with Gasteiger partial charge in [-0.15, -0.1) is 11.8 Å². The van der Waals surface area contributed by atoms with Crippen LogP contribution >= 0.6 is 11.8 Å². The van der Waals surface area contributed by atoms with Crippen molar-refractivity contribution in [3.63, 3.8) is 0 Å². The Labute approximate surface area is 202 Å². The third kappa shape index (κ3) is 5.37. The molecule has 174 valence electrons. The summed E-state index contributed by atoms with van der Waals surface area (Å²) in [5.74, 6) is 2.24. The van der Waals surface area contributed by atoms with E-state index in [1.165, 1.54) is 0 Å². The largest absolute Gasteiger partial charge is 0.439 e. The van der Waals surface area contributed by atoms with E-state index in [4.69, 9.17) is 4.74 Å². The second-order valence-corrected chi connectivity index (χ2v) is 8.64. The first-order valence-electron chi connectivity index (χ1n) is 10.7. The molecule has 0 aliphatic rings. The van der Waals surface area contributed by atoms with Crippen LogP contribution in [0.4, 0.5) is 16.2 Å². The van der Waals surface area contributed by atoms with Gasteiger partial charge < -0.3 is 15.4 Å². The van der Waals surface area contributed by atoms with Crippen molar-refractivity contribution in [1.29, 1.82) is 0 Å². The SMILES string of the molecule is CSc1cccc(NC(=O)Nc2ccc(Oc3cc(-n4nc(C)c(C)c4C)nc(C)n3)cc2)c1. The van der Waals surface area contributed by atoms with Gasteiger partial charge >= 0.3 is 6.03 Å². The smallest absolute Gasteiger partial charge is 0.323 e. The molecule has 0 aliphatic heterocycles. The summed E-state index contributed by atoms with van der Waals surface area (Å²) in [5, 5.41) is 10.2. The highest BCUT2D eigenvalue weighted by Gasteiger charge is 2.13. The van der Waals surface area contributed by atoms with E-state index in [1.807, 2.05) is 58.2 Å². The molecule has 0 saturated heterocycles. The average molecular weight is 475 g/mol. The zero-order valence-corrected chi connectivity index (χ0v) is 20.5. The highest BCUT2D eigenvalue weighted by Crippen LogP contribution is 2.25. The van der Waals surface area contributed by atoms with Crippen molar-refractivity contribution >= 4 is 29.2 Å². The number of anilines is 2. The molecule has 2 N–H and O–H groups in total. The molecule has 2 aromatic carbocycles. The van der Waals surface area contributed by atoms with E-state index in [9.17, 15) is 4.79 Å². The van der Waals surface area contributed by atoms with E-state index in [0.29, 0.717) is 29.0 Å². The number of hydrogen-bond acceptors (Lipinski definition) is 6. The zero-order valence-electron chi connectivity index (χ0n) is 19.7. The number of hydrogen-bond donors (Lipinski definition) is 2. The standard InChI is InChI=1S/C25H26N6O2S/c1-15-16(2)30-31(17(15)3)23-14-24(27-18(4)26-23)33-21-11-9-19(10-12-21)28-25(32)29-20-7-6-8-22(13-20)34-5/h6-14H,1-5H3,(H2,28,29,32). The number of thioether (sulfide) groups is 1. The van der Waals surface area contributed by atoms with Crippen LogP contribution in [0.5, 0.6) is 11.6 Å². The maximum Gasteiger partial charge on any atom is 0.323 e. The maximum absolute atomic E-state index is 12.3. The first kappa shape index (κ1) is 23.3. The molecule has 0 bridgehead atoms. The van der Waals surface area contributed by atoms with Crippen LogP contribution in [-0.2, 0) is 0 Å². The Morgan fingerprint density at radius 2 is 1.68 bits per heavy atom. The Morgan fingerprint density at radius 3 is 2.35 bits per heavy atom. The fourth-order valence-electron chi connectivity index (χ4n) is 3.35. The van der Waals surface area contributed by atoms with E-state index in [1.54, 1.807) is 46.8 Å². The number of urea groups is 1. The highest BCUT2D eigenvalue weighted by atomic mass is 32.2. The number of aromatic nitrogens is 4. The van der Waals surface area contributed by atoms with Gasteiger partial charge in [0.05, 0.1) is 5.69 Å². The molecule has 0 radical (unpaired) electrons. The molecule has 2 heterocycles. The predicted octanol–water partition coefficient (Wildman–Crippen LogP) is 6.05. The number of amides is 2. The van der Waals surface area contributed by atoms with Crippen molar-refractivity contribution in [2.24, 2.45) is 0 Å². The van der Waals surface area contributed by atoms with Gasteiger partial charge in [0.2, 0.25) is 5.88 Å². The van der Waals surface area contributed by atoms with E-state index in [-0.39, 0.29) is 6.03 Å². The fraction of sp³-hybridized carbons (Fsp3) is 0.200. The number of benzene rings is 2. The van der Waals surface area contributed by atoms with Gasteiger partial charge in [-0.25, -0.2) is 14.5 Å². The van der Waals surface area contributed by atoms with Crippen molar-refractivity contribution in [2.45, 2.75) is 32.6 Å². The molecule has 0 fully saturated rings. The van der Waals surface area contributed by atoms with Crippen LogP contribution in [0.1, 0.15) is 22.8 Å². The van der Waals surface area contributed by atoms with E-state index < -0.39 is 0 Å². The van der Waals surface area contributed by atoms with Crippen molar-refractivity contribution in [3.8, 4) is 17.4 Å². The summed E-state index contributed by atoms with van der Waals surface area (Å²) in [5.41, 5.74) is 4.49. The molecule has 4 rings (SSSR count). The molecule has 0 aliphatic carbocycles. The number of carbonyl (C=O) groups excluding carboxylic acids is 1. The lowest BCUT2D eigenvalue weighted by atomic mass is 10.2. The lowest BCUT2D eigenvalue weighted by Crippen LogP contribution is -2.19. The highest BCUT2D eigenvalue weighted by molar-refractivity contribution is 7.98. The minimum absolute atomic E-state index is 0.317. The van der Waals surface area contributed by atoms with Crippen molar-refractivity contribution < 1.29 is 9.53 Å². The number of nitrogens with zero attached hydrogens (tertiary/aromatic N) is 4. The van der Waals surface area contributed by atoms with E-state index in [0.717, 1.165) is 27.5 Å². The Kier molecular flexibility index (Phi) is 6.83. The quantitative estimate of drug-likeness (QED) is 0.330. The number of carbonyl (C=O) groups is 1. The third-order valence-electron chi connectivity index (χ3n) is 5.33. The number of ether oxygens (including phenoxy) is 1. The molecule has 0 saturated carbocycles. The first-order chi connectivity index (χ1) is 16.3. The third-order valence-corrected chi connectivity index (χ3v) is 6.06. The molecular formula is C25H26N6O2S. The summed E-state index contributed by atoms with van der Waals surface area (Å²) >= 11 is 1.62. The summed E-state index contributed by atoms with van der Waals surface area (Å²) in [6.07, 6.45) is 1.99. The molecular weight excluding hydrogens is 448 g/mol. The Balaban J connectivity index is 1.44. The first-order valence-corrected chi connectivity index (χ1v) is 11.9. The number of aryl methyl sites for hydroxylation is 2. The second-order valence-electron chi connectivity index (χ2n) is 7.76. The van der Waals surface area contributed by atoms with E-state index >= 15 is 0 Å². The average Bonchev–Trinajstić information content (AvgIpc) is 3.07. The van der Waals surface area contributed by atoms with Crippen LogP contribution in [-0.4, -0.2) is 32.0 Å². The minimum Gasteiger partial charge on any atom is -0.439 e. The summed E-state index contributed by atoms with van der Waals surface area (Å²) in [7, 11) is 0. The number of rotatable bonds is 6. The predicted molar refractivity (Wildman–Crippen MR) is 135 cm³/mol. The van der Waals surface area contributed by atoms with Gasteiger partial charge in [0.25, 0.3) is 0 Å². The van der Waals surface area contributed by atoms with Crippen LogP contribution in [0.25, 0.3) is 5.82 Å². The van der Waals surface area contributed by atoms with Gasteiger partial charge in [-0.3, -0.25) is 0 Å². The monoisotopic (exact) mass is 474 g/mol.